The molecule has 3 aromatic rings. The topological polar surface area (TPSA) is 65.6 Å². The molecule has 0 radical (unpaired) electrons. The van der Waals surface area contributed by atoms with E-state index < -0.39 is 0 Å². The zero-order valence-electron chi connectivity index (χ0n) is 10.7. The van der Waals surface area contributed by atoms with Crippen LogP contribution in [0.2, 0.25) is 0 Å². The van der Waals surface area contributed by atoms with Crippen LogP contribution in [-0.4, -0.2) is 24.3 Å². The van der Waals surface area contributed by atoms with Crippen molar-refractivity contribution in [3.05, 3.63) is 52.5 Å². The average molecular weight is 255 g/mol. The molecule has 0 amide bonds. The van der Waals surface area contributed by atoms with Gasteiger partial charge in [0.1, 0.15) is 0 Å². The van der Waals surface area contributed by atoms with Crippen molar-refractivity contribution >= 4 is 11.0 Å². The van der Waals surface area contributed by atoms with Gasteiger partial charge >= 0.3 is 0 Å². The summed E-state index contributed by atoms with van der Waals surface area (Å²) in [6.07, 6.45) is 6.65. The normalized spacial score (nSPS) is 11.1. The summed E-state index contributed by atoms with van der Waals surface area (Å²) in [6.45, 7) is 2.46. The SMILES string of the molecule is Cc1cnn(C)c1Cn1ccc2nccnc2c1=O. The maximum Gasteiger partial charge on any atom is 0.279 e. The summed E-state index contributed by atoms with van der Waals surface area (Å²) in [7, 11) is 1.87. The Balaban J connectivity index is 2.12. The van der Waals surface area contributed by atoms with Gasteiger partial charge in [0.05, 0.1) is 24.0 Å². The van der Waals surface area contributed by atoms with E-state index in [0.29, 0.717) is 17.6 Å². The first-order valence-corrected chi connectivity index (χ1v) is 5.94. The Morgan fingerprint density at radius 3 is 2.79 bits per heavy atom. The molecule has 19 heavy (non-hydrogen) atoms. The fraction of sp³-hybridized carbons (Fsp3) is 0.231. The summed E-state index contributed by atoms with van der Waals surface area (Å²) in [5.74, 6) is 0. The van der Waals surface area contributed by atoms with Crippen LogP contribution in [0.5, 0.6) is 0 Å². The van der Waals surface area contributed by atoms with Gasteiger partial charge in [-0.15, -0.1) is 0 Å². The van der Waals surface area contributed by atoms with Gasteiger partial charge in [-0.3, -0.25) is 14.5 Å². The highest BCUT2D eigenvalue weighted by Gasteiger charge is 2.09. The Hall–Kier alpha value is -2.50. The van der Waals surface area contributed by atoms with Gasteiger partial charge in [-0.05, 0) is 18.6 Å². The van der Waals surface area contributed by atoms with E-state index >= 15 is 0 Å². The Bertz CT molecular complexity index is 783. The Morgan fingerprint density at radius 1 is 1.26 bits per heavy atom. The smallest absolute Gasteiger partial charge is 0.279 e. The van der Waals surface area contributed by atoms with E-state index in [-0.39, 0.29) is 5.56 Å². The van der Waals surface area contributed by atoms with Crippen molar-refractivity contribution in [1.29, 1.82) is 0 Å². The monoisotopic (exact) mass is 255 g/mol. The van der Waals surface area contributed by atoms with Crippen molar-refractivity contribution < 1.29 is 0 Å². The van der Waals surface area contributed by atoms with Crippen LogP contribution in [0, 0.1) is 6.92 Å². The van der Waals surface area contributed by atoms with Crippen LogP contribution in [0.4, 0.5) is 0 Å². The van der Waals surface area contributed by atoms with E-state index in [1.807, 2.05) is 14.0 Å². The highest BCUT2D eigenvalue weighted by molar-refractivity contribution is 5.71. The van der Waals surface area contributed by atoms with Crippen molar-refractivity contribution in [3.8, 4) is 0 Å². The second-order valence-electron chi connectivity index (χ2n) is 4.44. The highest BCUT2D eigenvalue weighted by atomic mass is 16.1. The predicted octanol–water partition coefficient (Wildman–Crippen LogP) is 0.882. The molecular formula is C13H13N5O. The molecule has 0 saturated carbocycles. The minimum Gasteiger partial charge on any atom is -0.308 e. The molecule has 6 heteroatoms. The Labute approximate surface area is 109 Å². The van der Waals surface area contributed by atoms with E-state index in [2.05, 4.69) is 15.1 Å². The first kappa shape index (κ1) is 11.6. The van der Waals surface area contributed by atoms with Crippen molar-refractivity contribution in [2.75, 3.05) is 0 Å². The van der Waals surface area contributed by atoms with Crippen molar-refractivity contribution in [3.63, 3.8) is 0 Å². The minimum atomic E-state index is -0.133. The molecule has 6 nitrogen and oxygen atoms in total. The molecule has 0 saturated heterocycles. The Kier molecular flexibility index (Phi) is 2.63. The number of fused-ring (bicyclic) bond motifs is 1. The molecular weight excluding hydrogens is 242 g/mol. The van der Waals surface area contributed by atoms with E-state index in [9.17, 15) is 4.79 Å². The van der Waals surface area contributed by atoms with Gasteiger partial charge in [-0.25, -0.2) is 4.98 Å². The molecule has 0 atom stereocenters. The number of aryl methyl sites for hydroxylation is 2. The molecule has 0 unspecified atom stereocenters. The maximum atomic E-state index is 12.3. The fourth-order valence-electron chi connectivity index (χ4n) is 2.09. The zero-order chi connectivity index (χ0) is 13.4. The van der Waals surface area contributed by atoms with E-state index in [1.165, 1.54) is 6.20 Å². The van der Waals surface area contributed by atoms with Gasteiger partial charge in [-0.1, -0.05) is 0 Å². The van der Waals surface area contributed by atoms with Gasteiger partial charge in [0.2, 0.25) is 0 Å². The van der Waals surface area contributed by atoms with Crippen molar-refractivity contribution in [1.82, 2.24) is 24.3 Å². The predicted molar refractivity (Wildman–Crippen MR) is 70.8 cm³/mol. The molecule has 0 aliphatic heterocycles. The number of rotatable bonds is 2. The number of hydrogen-bond acceptors (Lipinski definition) is 4. The second-order valence-corrected chi connectivity index (χ2v) is 4.44. The summed E-state index contributed by atoms with van der Waals surface area (Å²) in [5, 5.41) is 4.18. The summed E-state index contributed by atoms with van der Waals surface area (Å²) in [4.78, 5) is 20.5. The molecule has 0 N–H and O–H groups in total. The van der Waals surface area contributed by atoms with Gasteiger partial charge < -0.3 is 4.57 Å². The second kappa shape index (κ2) is 4.31. The van der Waals surface area contributed by atoms with Gasteiger partial charge in [0.15, 0.2) is 5.52 Å². The number of hydrogen-bond donors (Lipinski definition) is 0. The first-order valence-electron chi connectivity index (χ1n) is 5.94. The van der Waals surface area contributed by atoms with Gasteiger partial charge in [0.25, 0.3) is 5.56 Å². The van der Waals surface area contributed by atoms with Crippen molar-refractivity contribution in [2.24, 2.45) is 7.05 Å². The van der Waals surface area contributed by atoms with Crippen LogP contribution in [0.3, 0.4) is 0 Å². The van der Waals surface area contributed by atoms with Crippen LogP contribution in [0.1, 0.15) is 11.3 Å². The molecule has 0 spiro atoms. The van der Waals surface area contributed by atoms with Crippen LogP contribution >= 0.6 is 0 Å². The molecule has 0 aliphatic carbocycles. The molecule has 0 aliphatic rings. The van der Waals surface area contributed by atoms with Crippen LogP contribution in [-0.2, 0) is 13.6 Å². The van der Waals surface area contributed by atoms with E-state index in [4.69, 9.17) is 0 Å². The van der Waals surface area contributed by atoms with Gasteiger partial charge in [-0.2, -0.15) is 5.10 Å². The molecule has 3 aromatic heterocycles. The minimum absolute atomic E-state index is 0.133. The third kappa shape index (κ3) is 1.91. The summed E-state index contributed by atoms with van der Waals surface area (Å²) >= 11 is 0. The zero-order valence-corrected chi connectivity index (χ0v) is 10.7. The molecule has 0 aromatic carbocycles. The van der Waals surface area contributed by atoms with E-state index in [0.717, 1.165) is 11.3 Å². The number of aromatic nitrogens is 5. The molecule has 0 bridgehead atoms. The molecule has 0 fully saturated rings. The number of pyridine rings is 1. The average Bonchev–Trinajstić information content (AvgIpc) is 2.74. The number of nitrogens with zero attached hydrogens (tertiary/aromatic N) is 5. The third-order valence-electron chi connectivity index (χ3n) is 3.19. The lowest BCUT2D eigenvalue weighted by atomic mass is 10.2. The highest BCUT2D eigenvalue weighted by Crippen LogP contribution is 2.08. The first-order chi connectivity index (χ1) is 9.16. The fourth-order valence-corrected chi connectivity index (χ4v) is 2.09. The Morgan fingerprint density at radius 2 is 2.05 bits per heavy atom. The molecule has 3 heterocycles. The van der Waals surface area contributed by atoms with Crippen LogP contribution < -0.4 is 5.56 Å². The largest absolute Gasteiger partial charge is 0.308 e. The molecule has 96 valence electrons. The summed E-state index contributed by atoms with van der Waals surface area (Å²) in [6, 6.07) is 1.80. The lowest BCUT2D eigenvalue weighted by Crippen LogP contribution is -2.22. The van der Waals surface area contributed by atoms with Gasteiger partial charge in [0, 0.05) is 25.6 Å². The van der Waals surface area contributed by atoms with Crippen LogP contribution in [0.15, 0.2) is 35.6 Å². The summed E-state index contributed by atoms with van der Waals surface area (Å²) in [5.41, 5.74) is 2.94. The summed E-state index contributed by atoms with van der Waals surface area (Å²) < 4.78 is 3.41. The van der Waals surface area contributed by atoms with Crippen LogP contribution in [0.25, 0.3) is 11.0 Å². The van der Waals surface area contributed by atoms with E-state index in [1.54, 1.807) is 33.9 Å². The quantitative estimate of drug-likeness (QED) is 0.682. The lowest BCUT2D eigenvalue weighted by Gasteiger charge is -2.08. The standard InChI is InChI=1S/C13H13N5O/c1-9-7-16-17(2)11(9)8-18-6-3-10-12(13(18)19)15-5-4-14-10/h3-7H,8H2,1-2H3. The molecule has 3 rings (SSSR count). The van der Waals surface area contributed by atoms with Crippen molar-refractivity contribution in [2.45, 2.75) is 13.5 Å². The third-order valence-corrected chi connectivity index (χ3v) is 3.19. The lowest BCUT2D eigenvalue weighted by molar-refractivity contribution is 0.653. The maximum absolute atomic E-state index is 12.3.